The topological polar surface area (TPSA) is 41.8 Å². The van der Waals surface area contributed by atoms with E-state index in [0.29, 0.717) is 0 Å². The highest BCUT2D eigenvalue weighted by atomic mass is 16.7. The van der Waals surface area contributed by atoms with E-state index in [9.17, 15) is 5.11 Å². The van der Waals surface area contributed by atoms with Gasteiger partial charge in [0.15, 0.2) is 0 Å². The maximum atomic E-state index is 9.62. The Kier molecular flexibility index (Phi) is 0.844. The summed E-state index contributed by atoms with van der Waals surface area (Å²) in [6.45, 7) is 3.59. The molecule has 1 N–H and O–H groups in total. The number of hydrogen-bond donors (Lipinski definition) is 1. The zero-order chi connectivity index (χ0) is 7.41. The molecule has 0 aromatic rings. The molecule has 10 heavy (non-hydrogen) atoms. The quantitative estimate of drug-likeness (QED) is 0.544. The fraction of sp³-hybridized carbons (Fsp3) is 0.857. The van der Waals surface area contributed by atoms with Gasteiger partial charge in [0.2, 0.25) is 5.79 Å². The summed E-state index contributed by atoms with van der Waals surface area (Å²) < 4.78 is 0. The first-order valence-corrected chi connectivity index (χ1v) is 3.54. The third-order valence-corrected chi connectivity index (χ3v) is 2.69. The largest absolute Gasteiger partial charge is 0.360 e. The highest BCUT2D eigenvalue weighted by Crippen LogP contribution is 2.58. The van der Waals surface area contributed by atoms with Gasteiger partial charge in [-0.2, -0.15) is 0 Å². The fourth-order valence-corrected chi connectivity index (χ4v) is 1.62. The monoisotopic (exact) mass is 141 g/mol. The van der Waals surface area contributed by atoms with Gasteiger partial charge in [-0.25, -0.2) is 0 Å². The highest BCUT2D eigenvalue weighted by molar-refractivity contribution is 5.92. The third-order valence-electron chi connectivity index (χ3n) is 2.69. The van der Waals surface area contributed by atoms with Gasteiger partial charge in [-0.1, -0.05) is 5.16 Å². The van der Waals surface area contributed by atoms with Crippen LogP contribution < -0.4 is 0 Å². The summed E-state index contributed by atoms with van der Waals surface area (Å²) >= 11 is 0. The highest BCUT2D eigenvalue weighted by Gasteiger charge is 2.64. The van der Waals surface area contributed by atoms with Crippen LogP contribution in [-0.4, -0.2) is 16.6 Å². The van der Waals surface area contributed by atoms with E-state index in [-0.39, 0.29) is 5.41 Å². The molecule has 1 spiro atoms. The number of oxime groups is 1. The van der Waals surface area contributed by atoms with Gasteiger partial charge >= 0.3 is 0 Å². The zero-order valence-corrected chi connectivity index (χ0v) is 6.22. The van der Waals surface area contributed by atoms with Crippen LogP contribution in [0.25, 0.3) is 0 Å². The van der Waals surface area contributed by atoms with Crippen molar-refractivity contribution in [2.24, 2.45) is 10.6 Å². The summed E-state index contributed by atoms with van der Waals surface area (Å²) in [6, 6.07) is 0. The summed E-state index contributed by atoms with van der Waals surface area (Å²) in [5, 5.41) is 13.4. The van der Waals surface area contributed by atoms with Crippen molar-refractivity contribution in [2.75, 3.05) is 0 Å². The molecule has 1 aliphatic heterocycles. The molecule has 0 amide bonds. The lowest BCUT2D eigenvalue weighted by atomic mass is 9.93. The predicted octanol–water partition coefficient (Wildman–Crippen LogP) is 0.881. The van der Waals surface area contributed by atoms with Gasteiger partial charge in [-0.3, -0.25) is 0 Å². The lowest BCUT2D eigenvalue weighted by Crippen LogP contribution is -2.36. The van der Waals surface area contributed by atoms with Crippen molar-refractivity contribution in [1.82, 2.24) is 0 Å². The normalized spacial score (nSPS) is 41.3. The Hall–Kier alpha value is -0.570. The second-order valence-electron chi connectivity index (χ2n) is 3.33. The van der Waals surface area contributed by atoms with Crippen LogP contribution in [0.15, 0.2) is 5.16 Å². The van der Waals surface area contributed by atoms with Crippen LogP contribution in [-0.2, 0) is 4.84 Å². The Morgan fingerprint density at radius 3 is 2.40 bits per heavy atom. The molecule has 56 valence electrons. The summed E-state index contributed by atoms with van der Waals surface area (Å²) in [5.41, 5.74) is 0.824. The van der Waals surface area contributed by atoms with Crippen LogP contribution >= 0.6 is 0 Å². The molecule has 2 rings (SSSR count). The van der Waals surface area contributed by atoms with Gasteiger partial charge in [-0.05, 0) is 19.8 Å². The van der Waals surface area contributed by atoms with Crippen LogP contribution in [0.3, 0.4) is 0 Å². The van der Waals surface area contributed by atoms with Crippen LogP contribution in [0, 0.1) is 5.41 Å². The fourth-order valence-electron chi connectivity index (χ4n) is 1.62. The summed E-state index contributed by atoms with van der Waals surface area (Å²) in [7, 11) is 0. The predicted molar refractivity (Wildman–Crippen MR) is 36.5 cm³/mol. The van der Waals surface area contributed by atoms with Crippen molar-refractivity contribution in [3.63, 3.8) is 0 Å². The summed E-state index contributed by atoms with van der Waals surface area (Å²) in [5.74, 6) is -1.03. The van der Waals surface area contributed by atoms with Gasteiger partial charge in [0.05, 0.1) is 11.1 Å². The first-order valence-electron chi connectivity index (χ1n) is 3.54. The molecule has 3 nitrogen and oxygen atoms in total. The first kappa shape index (κ1) is 6.16. The minimum Gasteiger partial charge on any atom is -0.360 e. The summed E-state index contributed by atoms with van der Waals surface area (Å²) in [4.78, 5) is 4.87. The lowest BCUT2D eigenvalue weighted by Gasteiger charge is -2.21. The molecule has 1 heterocycles. The molecule has 1 unspecified atom stereocenters. The molecule has 2 aliphatic rings. The molecule has 0 radical (unpaired) electrons. The summed E-state index contributed by atoms with van der Waals surface area (Å²) in [6.07, 6.45) is 2.02. The molecular formula is C7H11NO2. The van der Waals surface area contributed by atoms with Crippen LogP contribution in [0.5, 0.6) is 0 Å². The van der Waals surface area contributed by atoms with Gasteiger partial charge in [0.1, 0.15) is 0 Å². The van der Waals surface area contributed by atoms with Crippen LogP contribution in [0.2, 0.25) is 0 Å². The van der Waals surface area contributed by atoms with E-state index in [1.807, 2.05) is 6.92 Å². The average Bonchev–Trinajstić information content (AvgIpc) is 2.58. The van der Waals surface area contributed by atoms with Crippen molar-refractivity contribution < 1.29 is 9.94 Å². The molecule has 3 heteroatoms. The molecule has 0 aromatic carbocycles. The second-order valence-corrected chi connectivity index (χ2v) is 3.33. The SMILES string of the molecule is CC1=NOC(C)(O)C12CC2. The Balaban J connectivity index is 2.36. The maximum absolute atomic E-state index is 9.62. The molecule has 0 bridgehead atoms. The Morgan fingerprint density at radius 1 is 1.60 bits per heavy atom. The van der Waals surface area contributed by atoms with Crippen molar-refractivity contribution >= 4 is 5.71 Å². The molecule has 1 fully saturated rings. The smallest absolute Gasteiger partial charge is 0.242 e. The molecule has 1 saturated carbocycles. The van der Waals surface area contributed by atoms with E-state index < -0.39 is 5.79 Å². The number of aliphatic hydroxyl groups is 1. The van der Waals surface area contributed by atoms with E-state index in [1.165, 1.54) is 0 Å². The number of nitrogens with zero attached hydrogens (tertiary/aromatic N) is 1. The van der Waals surface area contributed by atoms with Crippen molar-refractivity contribution in [2.45, 2.75) is 32.5 Å². The molecule has 1 atom stereocenters. The van der Waals surface area contributed by atoms with E-state index in [2.05, 4.69) is 5.16 Å². The first-order chi connectivity index (χ1) is 4.58. The van der Waals surface area contributed by atoms with Gasteiger partial charge in [0, 0.05) is 6.92 Å². The molecule has 1 aliphatic carbocycles. The van der Waals surface area contributed by atoms with Gasteiger partial charge in [0.25, 0.3) is 0 Å². The minimum absolute atomic E-state index is 0.118. The lowest BCUT2D eigenvalue weighted by molar-refractivity contribution is -0.201. The van der Waals surface area contributed by atoms with E-state index in [1.54, 1.807) is 6.92 Å². The maximum Gasteiger partial charge on any atom is 0.242 e. The Bertz CT molecular complexity index is 204. The van der Waals surface area contributed by atoms with E-state index in [0.717, 1.165) is 18.6 Å². The molecule has 0 saturated heterocycles. The zero-order valence-electron chi connectivity index (χ0n) is 6.22. The number of hydrogen-bond acceptors (Lipinski definition) is 3. The van der Waals surface area contributed by atoms with E-state index >= 15 is 0 Å². The standard InChI is InChI=1S/C7H11NO2/c1-5-7(3-4-7)6(2,9)10-8-5/h9H,3-4H2,1-2H3. The Labute approximate surface area is 59.7 Å². The Morgan fingerprint density at radius 2 is 2.20 bits per heavy atom. The number of rotatable bonds is 0. The van der Waals surface area contributed by atoms with E-state index in [4.69, 9.17) is 4.84 Å². The van der Waals surface area contributed by atoms with Crippen LogP contribution in [0.4, 0.5) is 0 Å². The minimum atomic E-state index is -1.03. The van der Waals surface area contributed by atoms with Crippen molar-refractivity contribution in [1.29, 1.82) is 0 Å². The van der Waals surface area contributed by atoms with Gasteiger partial charge < -0.3 is 9.94 Å². The average molecular weight is 141 g/mol. The second kappa shape index (κ2) is 1.37. The third kappa shape index (κ3) is 0.475. The van der Waals surface area contributed by atoms with Crippen LogP contribution in [0.1, 0.15) is 26.7 Å². The molecular weight excluding hydrogens is 130 g/mol. The molecule has 0 aromatic heterocycles. The van der Waals surface area contributed by atoms with Crippen molar-refractivity contribution in [3.05, 3.63) is 0 Å². The van der Waals surface area contributed by atoms with Crippen molar-refractivity contribution in [3.8, 4) is 0 Å². The van der Waals surface area contributed by atoms with Gasteiger partial charge in [-0.15, -0.1) is 0 Å².